The lowest BCUT2D eigenvalue weighted by Crippen LogP contribution is -2.18. The molecule has 3 rings (SSSR count). The number of carbonyl (C=O) groups is 2. The Morgan fingerprint density at radius 1 is 0.926 bits per heavy atom. The topological polar surface area (TPSA) is 67.4 Å². The largest absolute Gasteiger partial charge is 0.491 e. The number of anilines is 2. The average molecular weight is 380 g/mol. The van der Waals surface area contributed by atoms with Gasteiger partial charge in [0.2, 0.25) is 0 Å². The molecule has 0 saturated heterocycles. The molecule has 1 aromatic heterocycles. The quantitative estimate of drug-likeness (QED) is 0.629. The van der Waals surface area contributed by atoms with Crippen LogP contribution >= 0.6 is 11.3 Å². The minimum atomic E-state index is -0.297. The lowest BCUT2D eigenvalue weighted by atomic mass is 10.1. The van der Waals surface area contributed by atoms with Gasteiger partial charge in [0.05, 0.1) is 22.9 Å². The third-order valence-corrected chi connectivity index (χ3v) is 4.37. The van der Waals surface area contributed by atoms with Crippen LogP contribution in [-0.2, 0) is 0 Å². The van der Waals surface area contributed by atoms with Crippen molar-refractivity contribution in [1.29, 1.82) is 0 Å². The highest BCUT2D eigenvalue weighted by molar-refractivity contribution is 7.08. The van der Waals surface area contributed by atoms with E-state index >= 15 is 0 Å². The molecule has 2 amide bonds. The molecule has 0 unspecified atom stereocenters. The fourth-order valence-corrected chi connectivity index (χ4v) is 3.10. The van der Waals surface area contributed by atoms with E-state index in [-0.39, 0.29) is 17.9 Å². The normalized spacial score (nSPS) is 10.5. The van der Waals surface area contributed by atoms with Crippen LogP contribution in [0.15, 0.2) is 65.4 Å². The zero-order valence-electron chi connectivity index (χ0n) is 15.1. The molecule has 0 atom stereocenters. The number of thiophene rings is 1. The zero-order chi connectivity index (χ0) is 19.2. The maximum atomic E-state index is 12.7. The van der Waals surface area contributed by atoms with Gasteiger partial charge in [-0.2, -0.15) is 11.3 Å². The van der Waals surface area contributed by atoms with Crippen LogP contribution in [0.4, 0.5) is 11.4 Å². The van der Waals surface area contributed by atoms with E-state index in [4.69, 9.17) is 4.74 Å². The van der Waals surface area contributed by atoms with Crippen molar-refractivity contribution in [2.24, 2.45) is 0 Å². The summed E-state index contributed by atoms with van der Waals surface area (Å²) in [4.78, 5) is 25.0. The summed E-state index contributed by atoms with van der Waals surface area (Å²) < 4.78 is 5.60. The molecular weight excluding hydrogens is 360 g/mol. The fraction of sp³-hybridized carbons (Fsp3) is 0.143. The molecule has 5 nitrogen and oxygen atoms in total. The predicted molar refractivity (Wildman–Crippen MR) is 109 cm³/mol. The highest BCUT2D eigenvalue weighted by Crippen LogP contribution is 2.21. The van der Waals surface area contributed by atoms with Gasteiger partial charge in [-0.1, -0.05) is 12.1 Å². The molecule has 0 saturated carbocycles. The summed E-state index contributed by atoms with van der Waals surface area (Å²) in [6.07, 6.45) is 0.0872. The Morgan fingerprint density at radius 3 is 2.33 bits per heavy atom. The first-order valence-corrected chi connectivity index (χ1v) is 9.48. The van der Waals surface area contributed by atoms with Crippen LogP contribution < -0.4 is 15.4 Å². The smallest absolute Gasteiger partial charge is 0.257 e. The third-order valence-electron chi connectivity index (χ3n) is 3.69. The van der Waals surface area contributed by atoms with Gasteiger partial charge in [0.25, 0.3) is 11.8 Å². The number of hydrogen-bond acceptors (Lipinski definition) is 4. The summed E-state index contributed by atoms with van der Waals surface area (Å²) in [6.45, 7) is 3.91. The number of nitrogens with one attached hydrogen (secondary N) is 2. The Hall–Kier alpha value is -3.12. The Morgan fingerprint density at radius 2 is 1.67 bits per heavy atom. The number of benzene rings is 2. The molecule has 0 bridgehead atoms. The summed E-state index contributed by atoms with van der Waals surface area (Å²) >= 11 is 1.45. The van der Waals surface area contributed by atoms with Gasteiger partial charge in [-0.05, 0) is 61.7 Å². The second-order valence-electron chi connectivity index (χ2n) is 6.16. The molecule has 0 aliphatic heterocycles. The Bertz CT molecular complexity index is 919. The van der Waals surface area contributed by atoms with Crippen molar-refractivity contribution in [2.45, 2.75) is 20.0 Å². The Kier molecular flexibility index (Phi) is 5.88. The number of ether oxygens (including phenoxy) is 1. The molecule has 0 radical (unpaired) electrons. The molecule has 2 N–H and O–H groups in total. The second kappa shape index (κ2) is 8.51. The first-order chi connectivity index (χ1) is 13.0. The van der Waals surface area contributed by atoms with E-state index in [9.17, 15) is 9.59 Å². The molecule has 27 heavy (non-hydrogen) atoms. The highest BCUT2D eigenvalue weighted by atomic mass is 32.1. The molecule has 0 fully saturated rings. The van der Waals surface area contributed by atoms with Crippen LogP contribution in [0.5, 0.6) is 5.75 Å². The maximum Gasteiger partial charge on any atom is 0.257 e. The van der Waals surface area contributed by atoms with E-state index < -0.39 is 0 Å². The van der Waals surface area contributed by atoms with Crippen molar-refractivity contribution < 1.29 is 14.3 Å². The summed E-state index contributed by atoms with van der Waals surface area (Å²) in [5.74, 6) is 0.201. The Balaban J connectivity index is 1.72. The van der Waals surface area contributed by atoms with Gasteiger partial charge in [0, 0.05) is 11.1 Å². The fourth-order valence-electron chi connectivity index (χ4n) is 2.47. The first kappa shape index (κ1) is 18.7. The molecule has 138 valence electrons. The molecule has 0 aliphatic rings. The van der Waals surface area contributed by atoms with Crippen LogP contribution in [0.25, 0.3) is 0 Å². The van der Waals surface area contributed by atoms with E-state index in [1.54, 1.807) is 60.0 Å². The van der Waals surface area contributed by atoms with Crippen molar-refractivity contribution in [3.05, 3.63) is 76.5 Å². The third kappa shape index (κ3) is 4.95. The molecular formula is C21H20N2O3S. The first-order valence-electron chi connectivity index (χ1n) is 8.53. The van der Waals surface area contributed by atoms with E-state index in [1.165, 1.54) is 11.3 Å². The van der Waals surface area contributed by atoms with Crippen LogP contribution in [0, 0.1) is 0 Å². The summed E-state index contributed by atoms with van der Waals surface area (Å²) in [5.41, 5.74) is 2.07. The van der Waals surface area contributed by atoms with Crippen molar-refractivity contribution in [3.8, 4) is 5.75 Å². The van der Waals surface area contributed by atoms with Crippen molar-refractivity contribution in [1.82, 2.24) is 0 Å². The van der Waals surface area contributed by atoms with Crippen molar-refractivity contribution in [3.63, 3.8) is 0 Å². The van der Waals surface area contributed by atoms with Crippen LogP contribution in [0.2, 0.25) is 0 Å². The number of carbonyl (C=O) groups excluding carboxylic acids is 2. The maximum absolute atomic E-state index is 12.7. The standard InChI is InChI=1S/C21H20N2O3S/c1-14(2)26-17-9-7-16(8-10-17)22-21(25)18-5-3-4-6-19(18)23-20(24)15-11-12-27-13-15/h3-14H,1-2H3,(H,22,25)(H,23,24). The van der Waals surface area contributed by atoms with Gasteiger partial charge < -0.3 is 15.4 Å². The average Bonchev–Trinajstić information content (AvgIpc) is 3.18. The van der Waals surface area contributed by atoms with Gasteiger partial charge in [-0.3, -0.25) is 9.59 Å². The van der Waals surface area contributed by atoms with E-state index in [0.717, 1.165) is 5.75 Å². The molecule has 6 heteroatoms. The van der Waals surface area contributed by atoms with Crippen LogP contribution in [0.1, 0.15) is 34.6 Å². The molecule has 2 aromatic carbocycles. The van der Waals surface area contributed by atoms with E-state index in [0.29, 0.717) is 22.5 Å². The lowest BCUT2D eigenvalue weighted by molar-refractivity contribution is 0.102. The number of rotatable bonds is 6. The van der Waals surface area contributed by atoms with Gasteiger partial charge in [-0.15, -0.1) is 0 Å². The monoisotopic (exact) mass is 380 g/mol. The van der Waals surface area contributed by atoms with Crippen molar-refractivity contribution in [2.75, 3.05) is 10.6 Å². The SMILES string of the molecule is CC(C)Oc1ccc(NC(=O)c2ccccc2NC(=O)c2ccsc2)cc1. The number of amides is 2. The minimum absolute atomic E-state index is 0.0872. The number of para-hydroxylation sites is 1. The minimum Gasteiger partial charge on any atom is -0.491 e. The molecule has 0 spiro atoms. The van der Waals surface area contributed by atoms with Crippen LogP contribution in [0.3, 0.4) is 0 Å². The molecule has 0 aliphatic carbocycles. The van der Waals surface area contributed by atoms with Gasteiger partial charge in [0.1, 0.15) is 5.75 Å². The van der Waals surface area contributed by atoms with Gasteiger partial charge in [0.15, 0.2) is 0 Å². The summed E-state index contributed by atoms with van der Waals surface area (Å²) in [5, 5.41) is 9.24. The molecule has 1 heterocycles. The molecule has 3 aromatic rings. The highest BCUT2D eigenvalue weighted by Gasteiger charge is 2.14. The van der Waals surface area contributed by atoms with Gasteiger partial charge in [-0.25, -0.2) is 0 Å². The Labute approximate surface area is 162 Å². The van der Waals surface area contributed by atoms with E-state index in [2.05, 4.69) is 10.6 Å². The van der Waals surface area contributed by atoms with Gasteiger partial charge >= 0.3 is 0 Å². The van der Waals surface area contributed by atoms with Crippen molar-refractivity contribution >= 4 is 34.5 Å². The van der Waals surface area contributed by atoms with E-state index in [1.807, 2.05) is 19.2 Å². The lowest BCUT2D eigenvalue weighted by Gasteiger charge is -2.12. The second-order valence-corrected chi connectivity index (χ2v) is 6.94. The van der Waals surface area contributed by atoms with Crippen LogP contribution in [-0.4, -0.2) is 17.9 Å². The summed E-state index contributed by atoms with van der Waals surface area (Å²) in [6, 6.07) is 15.8. The number of hydrogen-bond donors (Lipinski definition) is 2. The summed E-state index contributed by atoms with van der Waals surface area (Å²) in [7, 11) is 0. The predicted octanol–water partition coefficient (Wildman–Crippen LogP) is 5.04. The zero-order valence-corrected chi connectivity index (χ0v) is 15.9.